The average molecular weight is 330 g/mol. The van der Waals surface area contributed by atoms with E-state index >= 15 is 0 Å². The van der Waals surface area contributed by atoms with Gasteiger partial charge in [-0.3, -0.25) is 4.79 Å². The molecule has 0 aromatic carbocycles. The lowest BCUT2D eigenvalue weighted by Gasteiger charge is -2.36. The summed E-state index contributed by atoms with van der Waals surface area (Å²) in [6, 6.07) is 0. The molecule has 1 fully saturated rings. The zero-order chi connectivity index (χ0) is 15.9. The molecule has 1 aliphatic heterocycles. The van der Waals surface area contributed by atoms with Crippen LogP contribution in [-0.4, -0.2) is 33.5 Å². The molecule has 2 N–H and O–H groups in total. The Bertz CT molecular complexity index is 664. The lowest BCUT2D eigenvalue weighted by Crippen LogP contribution is -2.38. The third-order valence-electron chi connectivity index (χ3n) is 4.19. The molecule has 1 aromatic rings. The molecule has 118 valence electrons. The molecular formula is C14H22N2O3S2. The lowest BCUT2D eigenvalue weighted by molar-refractivity contribution is 0.102. The SMILES string of the molecule is CC(=O)c1sc(N2CCC(C)C(C)C2)c(S(C)(=O)=O)c1N. The second kappa shape index (κ2) is 5.61. The highest BCUT2D eigenvalue weighted by Crippen LogP contribution is 2.43. The summed E-state index contributed by atoms with van der Waals surface area (Å²) in [6.45, 7) is 7.38. The number of piperidine rings is 1. The Morgan fingerprint density at radius 2 is 1.95 bits per heavy atom. The van der Waals surface area contributed by atoms with Gasteiger partial charge in [-0.2, -0.15) is 0 Å². The Kier molecular flexibility index (Phi) is 4.35. The van der Waals surface area contributed by atoms with Crippen LogP contribution in [0.2, 0.25) is 0 Å². The maximum Gasteiger partial charge on any atom is 0.180 e. The smallest absolute Gasteiger partial charge is 0.180 e. The van der Waals surface area contributed by atoms with Crippen molar-refractivity contribution in [2.45, 2.75) is 32.1 Å². The van der Waals surface area contributed by atoms with Crippen molar-refractivity contribution in [3.63, 3.8) is 0 Å². The van der Waals surface area contributed by atoms with Crippen molar-refractivity contribution in [3.05, 3.63) is 4.88 Å². The standard InChI is InChI=1S/C14H22N2O3S2/c1-8-5-6-16(7-9(8)2)14-13(21(4,18)19)11(15)12(20-14)10(3)17/h8-9H,5-7,15H2,1-4H3. The van der Waals surface area contributed by atoms with Crippen LogP contribution in [0.4, 0.5) is 10.7 Å². The van der Waals surface area contributed by atoms with Crippen LogP contribution >= 0.6 is 11.3 Å². The number of carbonyl (C=O) groups is 1. The molecule has 5 nitrogen and oxygen atoms in total. The van der Waals surface area contributed by atoms with Crippen LogP contribution in [0.25, 0.3) is 0 Å². The van der Waals surface area contributed by atoms with Crippen LogP contribution in [0.1, 0.15) is 36.9 Å². The fraction of sp³-hybridized carbons (Fsp3) is 0.643. The summed E-state index contributed by atoms with van der Waals surface area (Å²) >= 11 is 1.20. The van der Waals surface area contributed by atoms with Gasteiger partial charge in [0.15, 0.2) is 15.6 Å². The van der Waals surface area contributed by atoms with Crippen LogP contribution < -0.4 is 10.6 Å². The van der Waals surface area contributed by atoms with E-state index in [2.05, 4.69) is 18.7 Å². The molecule has 1 saturated heterocycles. The molecule has 2 rings (SSSR count). The first-order valence-electron chi connectivity index (χ1n) is 7.01. The van der Waals surface area contributed by atoms with Gasteiger partial charge in [-0.1, -0.05) is 13.8 Å². The number of nitrogens with zero attached hydrogens (tertiary/aromatic N) is 1. The topological polar surface area (TPSA) is 80.5 Å². The Hall–Kier alpha value is -1.08. The third kappa shape index (κ3) is 3.08. The van der Waals surface area contributed by atoms with E-state index in [1.807, 2.05) is 0 Å². The summed E-state index contributed by atoms with van der Waals surface area (Å²) in [5, 5.41) is 0.624. The minimum Gasteiger partial charge on any atom is -0.396 e. The van der Waals surface area contributed by atoms with Gasteiger partial charge in [0.05, 0.1) is 10.6 Å². The summed E-state index contributed by atoms with van der Waals surface area (Å²) in [7, 11) is -3.47. The number of thiophene rings is 1. The molecular weight excluding hydrogens is 308 g/mol. The van der Waals surface area contributed by atoms with Gasteiger partial charge in [0.1, 0.15) is 9.90 Å². The summed E-state index contributed by atoms with van der Waals surface area (Å²) < 4.78 is 24.2. The highest BCUT2D eigenvalue weighted by Gasteiger charge is 2.31. The van der Waals surface area contributed by atoms with Crippen molar-refractivity contribution in [2.24, 2.45) is 11.8 Å². The molecule has 0 saturated carbocycles. The molecule has 2 heterocycles. The molecule has 1 aliphatic rings. The highest BCUT2D eigenvalue weighted by molar-refractivity contribution is 7.91. The zero-order valence-electron chi connectivity index (χ0n) is 12.8. The quantitative estimate of drug-likeness (QED) is 0.861. The first-order valence-corrected chi connectivity index (χ1v) is 9.72. The van der Waals surface area contributed by atoms with E-state index in [-0.39, 0.29) is 16.4 Å². The predicted octanol–water partition coefficient (Wildman–Crippen LogP) is 2.42. The number of carbonyl (C=O) groups excluding carboxylic acids is 1. The van der Waals surface area contributed by atoms with Crippen molar-refractivity contribution in [1.82, 2.24) is 0 Å². The monoisotopic (exact) mass is 330 g/mol. The largest absolute Gasteiger partial charge is 0.396 e. The van der Waals surface area contributed by atoms with Gasteiger partial charge in [-0.15, -0.1) is 11.3 Å². The molecule has 1 aromatic heterocycles. The number of Topliss-reactive ketones (excluding diaryl/α,β-unsaturated/α-hetero) is 1. The summed E-state index contributed by atoms with van der Waals surface area (Å²) in [5.41, 5.74) is 6.05. The van der Waals surface area contributed by atoms with Crippen molar-refractivity contribution >= 4 is 37.6 Å². The molecule has 0 aliphatic carbocycles. The van der Waals surface area contributed by atoms with Crippen molar-refractivity contribution < 1.29 is 13.2 Å². The van der Waals surface area contributed by atoms with Gasteiger partial charge >= 0.3 is 0 Å². The van der Waals surface area contributed by atoms with E-state index in [0.717, 1.165) is 25.8 Å². The second-order valence-corrected chi connectivity index (χ2v) is 8.95. The molecule has 0 spiro atoms. The van der Waals surface area contributed by atoms with E-state index in [1.54, 1.807) is 0 Å². The molecule has 0 bridgehead atoms. The molecule has 21 heavy (non-hydrogen) atoms. The zero-order valence-corrected chi connectivity index (χ0v) is 14.5. The van der Waals surface area contributed by atoms with Crippen LogP contribution in [0.5, 0.6) is 0 Å². The van der Waals surface area contributed by atoms with Crippen LogP contribution in [-0.2, 0) is 9.84 Å². The molecule has 7 heteroatoms. The van der Waals surface area contributed by atoms with Gasteiger partial charge in [0.2, 0.25) is 0 Å². The van der Waals surface area contributed by atoms with E-state index in [0.29, 0.717) is 21.7 Å². The summed E-state index contributed by atoms with van der Waals surface area (Å²) in [6.07, 6.45) is 2.16. The first kappa shape index (κ1) is 16.3. The fourth-order valence-corrected chi connectivity index (χ4v) is 5.33. The number of anilines is 2. The maximum atomic E-state index is 12.1. The van der Waals surface area contributed by atoms with Crippen LogP contribution in [0.3, 0.4) is 0 Å². The Morgan fingerprint density at radius 1 is 1.33 bits per heavy atom. The van der Waals surface area contributed by atoms with Gasteiger partial charge in [0, 0.05) is 26.3 Å². The normalized spacial score (nSPS) is 23.3. The van der Waals surface area contributed by atoms with Crippen molar-refractivity contribution in [3.8, 4) is 0 Å². The Balaban J connectivity index is 2.53. The molecule has 0 amide bonds. The number of nitrogens with two attached hydrogens (primary N) is 1. The summed E-state index contributed by atoms with van der Waals surface area (Å²) in [5.74, 6) is 0.912. The Labute approximate surface area is 130 Å². The van der Waals surface area contributed by atoms with Gasteiger partial charge in [0.25, 0.3) is 0 Å². The number of hydrogen-bond donors (Lipinski definition) is 1. The minimum atomic E-state index is -3.47. The average Bonchev–Trinajstić information content (AvgIpc) is 2.70. The molecule has 0 radical (unpaired) electrons. The van der Waals surface area contributed by atoms with Gasteiger partial charge in [-0.25, -0.2) is 8.42 Å². The van der Waals surface area contributed by atoms with Gasteiger partial charge in [-0.05, 0) is 18.3 Å². The van der Waals surface area contributed by atoms with E-state index < -0.39 is 9.84 Å². The second-order valence-electron chi connectivity index (χ2n) is 6.00. The number of ketones is 1. The molecule has 2 atom stereocenters. The molecule has 2 unspecified atom stereocenters. The summed E-state index contributed by atoms with van der Waals surface area (Å²) in [4.78, 5) is 14.2. The van der Waals surface area contributed by atoms with Crippen molar-refractivity contribution in [2.75, 3.05) is 30.0 Å². The van der Waals surface area contributed by atoms with E-state index in [1.165, 1.54) is 18.3 Å². The van der Waals surface area contributed by atoms with E-state index in [9.17, 15) is 13.2 Å². The third-order valence-corrected chi connectivity index (χ3v) is 6.85. The van der Waals surface area contributed by atoms with Gasteiger partial charge < -0.3 is 10.6 Å². The Morgan fingerprint density at radius 3 is 2.43 bits per heavy atom. The highest BCUT2D eigenvalue weighted by atomic mass is 32.2. The number of nitrogen functional groups attached to an aromatic ring is 1. The van der Waals surface area contributed by atoms with E-state index in [4.69, 9.17) is 5.73 Å². The first-order chi connectivity index (χ1) is 9.62. The number of rotatable bonds is 3. The van der Waals surface area contributed by atoms with Crippen LogP contribution in [0, 0.1) is 11.8 Å². The lowest BCUT2D eigenvalue weighted by atomic mass is 9.89. The van der Waals surface area contributed by atoms with Crippen molar-refractivity contribution in [1.29, 1.82) is 0 Å². The minimum absolute atomic E-state index is 0.108. The number of hydrogen-bond acceptors (Lipinski definition) is 6. The fourth-order valence-electron chi connectivity index (χ4n) is 2.69. The van der Waals surface area contributed by atoms with Crippen LogP contribution in [0.15, 0.2) is 4.90 Å². The number of sulfone groups is 1. The maximum absolute atomic E-state index is 12.1. The predicted molar refractivity (Wildman–Crippen MR) is 87.0 cm³/mol.